The van der Waals surface area contributed by atoms with Crippen molar-refractivity contribution in [3.63, 3.8) is 0 Å². The highest BCUT2D eigenvalue weighted by atomic mass is 16.5. The van der Waals surface area contributed by atoms with Crippen molar-refractivity contribution >= 4 is 0 Å². The van der Waals surface area contributed by atoms with Gasteiger partial charge in [0.2, 0.25) is 0 Å². The molecular weight excluding hydrogens is 102 g/mol. The summed E-state index contributed by atoms with van der Waals surface area (Å²) in [6.45, 7) is 5.86. The second-order valence-electron chi connectivity index (χ2n) is 2.29. The lowest BCUT2D eigenvalue weighted by atomic mass is 10.3. The van der Waals surface area contributed by atoms with Gasteiger partial charge in [-0.3, -0.25) is 0 Å². The summed E-state index contributed by atoms with van der Waals surface area (Å²) in [5, 5.41) is 3.27. The number of ether oxygens (including phenoxy) is 1. The molecule has 8 heavy (non-hydrogen) atoms. The molecule has 1 fully saturated rings. The van der Waals surface area contributed by atoms with E-state index in [4.69, 9.17) is 4.74 Å². The van der Waals surface area contributed by atoms with Gasteiger partial charge in [0, 0.05) is 12.6 Å². The van der Waals surface area contributed by atoms with Crippen molar-refractivity contribution in [2.75, 3.05) is 13.2 Å². The average molecular weight is 114 g/mol. The molecule has 1 rings (SSSR count). The van der Waals surface area contributed by atoms with Crippen molar-refractivity contribution in [1.29, 1.82) is 0 Å². The van der Waals surface area contributed by atoms with Crippen LogP contribution in [0.5, 0.6) is 0 Å². The lowest BCUT2D eigenvalue weighted by Crippen LogP contribution is -2.39. The Balaban J connectivity index is 2.19. The standard InChI is InChI=1S/C6H12NO/c1-5-4-8-6(2)3-7-5/h5,7H,3-4H2,1-2H3/t5-/m0/s1. The molecule has 1 heterocycles. The van der Waals surface area contributed by atoms with Gasteiger partial charge < -0.3 is 10.1 Å². The first-order valence-electron chi connectivity index (χ1n) is 2.97. The third-order valence-electron chi connectivity index (χ3n) is 1.28. The van der Waals surface area contributed by atoms with E-state index in [-0.39, 0.29) is 0 Å². The van der Waals surface area contributed by atoms with E-state index >= 15 is 0 Å². The molecule has 0 unspecified atom stereocenters. The van der Waals surface area contributed by atoms with Gasteiger partial charge in [0.25, 0.3) is 0 Å². The first-order chi connectivity index (χ1) is 3.79. The van der Waals surface area contributed by atoms with Gasteiger partial charge in [-0.15, -0.1) is 0 Å². The average Bonchev–Trinajstić information content (AvgIpc) is 1.77. The second kappa shape index (κ2) is 2.46. The van der Waals surface area contributed by atoms with Crippen molar-refractivity contribution in [1.82, 2.24) is 5.32 Å². The van der Waals surface area contributed by atoms with Crippen LogP contribution in [0.3, 0.4) is 0 Å². The van der Waals surface area contributed by atoms with E-state index in [0.29, 0.717) is 6.04 Å². The highest BCUT2D eigenvalue weighted by Gasteiger charge is 2.13. The van der Waals surface area contributed by atoms with Crippen LogP contribution < -0.4 is 5.32 Å². The zero-order chi connectivity index (χ0) is 5.98. The molecule has 1 radical (unpaired) electrons. The minimum absolute atomic E-state index is 0.527. The van der Waals surface area contributed by atoms with Gasteiger partial charge in [0.15, 0.2) is 0 Å². The van der Waals surface area contributed by atoms with E-state index < -0.39 is 0 Å². The van der Waals surface area contributed by atoms with E-state index in [1.807, 2.05) is 6.92 Å². The van der Waals surface area contributed by atoms with E-state index in [2.05, 4.69) is 12.2 Å². The van der Waals surface area contributed by atoms with Crippen molar-refractivity contribution < 1.29 is 4.74 Å². The molecule has 0 aromatic rings. The molecule has 0 aromatic heterocycles. The van der Waals surface area contributed by atoms with Gasteiger partial charge in [0.05, 0.1) is 6.61 Å². The normalized spacial score (nSPS) is 33.0. The van der Waals surface area contributed by atoms with Gasteiger partial charge in [-0.25, -0.2) is 0 Å². The smallest absolute Gasteiger partial charge is 0.108 e. The quantitative estimate of drug-likeness (QED) is 0.496. The maximum absolute atomic E-state index is 5.24. The summed E-state index contributed by atoms with van der Waals surface area (Å²) in [5.74, 6) is 0. The lowest BCUT2D eigenvalue weighted by Gasteiger charge is -2.24. The topological polar surface area (TPSA) is 21.3 Å². The maximum atomic E-state index is 5.24. The Kier molecular flexibility index (Phi) is 1.86. The molecule has 1 aliphatic rings. The maximum Gasteiger partial charge on any atom is 0.108 e. The third-order valence-corrected chi connectivity index (χ3v) is 1.28. The lowest BCUT2D eigenvalue weighted by molar-refractivity contribution is 0.0919. The van der Waals surface area contributed by atoms with E-state index in [9.17, 15) is 0 Å². The van der Waals surface area contributed by atoms with Gasteiger partial charge in [-0.05, 0) is 13.8 Å². The van der Waals surface area contributed by atoms with E-state index in [0.717, 1.165) is 19.3 Å². The molecule has 1 N–H and O–H groups in total. The van der Waals surface area contributed by atoms with Crippen molar-refractivity contribution in [2.45, 2.75) is 19.9 Å². The van der Waals surface area contributed by atoms with Crippen LogP contribution in [0, 0.1) is 6.10 Å². The Labute approximate surface area is 50.2 Å². The number of hydrogen-bond acceptors (Lipinski definition) is 2. The van der Waals surface area contributed by atoms with Crippen LogP contribution in [0.4, 0.5) is 0 Å². The minimum atomic E-state index is 0.527. The van der Waals surface area contributed by atoms with Gasteiger partial charge in [0.1, 0.15) is 6.10 Å². The fourth-order valence-electron chi connectivity index (χ4n) is 0.695. The molecule has 0 saturated carbocycles. The molecule has 47 valence electrons. The van der Waals surface area contributed by atoms with Crippen LogP contribution in [0.1, 0.15) is 13.8 Å². The SMILES string of the molecule is C[C]1CN[C@@H](C)CO1. The van der Waals surface area contributed by atoms with Gasteiger partial charge in [-0.2, -0.15) is 0 Å². The monoisotopic (exact) mass is 114 g/mol. The molecule has 0 aromatic carbocycles. The Morgan fingerprint density at radius 1 is 1.75 bits per heavy atom. The van der Waals surface area contributed by atoms with Crippen molar-refractivity contribution in [3.8, 4) is 0 Å². The summed E-state index contributed by atoms with van der Waals surface area (Å²) in [7, 11) is 0. The van der Waals surface area contributed by atoms with Gasteiger partial charge in [-0.1, -0.05) is 0 Å². The molecular formula is C6H12NO. The molecule has 0 amide bonds. The van der Waals surface area contributed by atoms with Crippen LogP contribution in [0.15, 0.2) is 0 Å². The van der Waals surface area contributed by atoms with E-state index in [1.165, 1.54) is 0 Å². The fourth-order valence-corrected chi connectivity index (χ4v) is 0.695. The van der Waals surface area contributed by atoms with E-state index in [1.54, 1.807) is 0 Å². The fraction of sp³-hybridized carbons (Fsp3) is 0.833. The highest BCUT2D eigenvalue weighted by Crippen LogP contribution is 2.04. The zero-order valence-corrected chi connectivity index (χ0v) is 5.40. The van der Waals surface area contributed by atoms with Crippen LogP contribution in [0.25, 0.3) is 0 Å². The summed E-state index contributed by atoms with van der Waals surface area (Å²) < 4.78 is 5.24. The number of nitrogens with one attached hydrogen (secondary N) is 1. The largest absolute Gasteiger partial charge is 0.369 e. The number of morpholine rings is 1. The van der Waals surface area contributed by atoms with Crippen LogP contribution in [-0.2, 0) is 4.74 Å². The molecule has 1 saturated heterocycles. The predicted molar refractivity (Wildman–Crippen MR) is 32.3 cm³/mol. The first-order valence-corrected chi connectivity index (χ1v) is 2.97. The minimum Gasteiger partial charge on any atom is -0.369 e. The van der Waals surface area contributed by atoms with Gasteiger partial charge >= 0.3 is 0 Å². The highest BCUT2D eigenvalue weighted by molar-refractivity contribution is 4.81. The summed E-state index contributed by atoms with van der Waals surface area (Å²) in [5.41, 5.74) is 0. The second-order valence-corrected chi connectivity index (χ2v) is 2.29. The summed E-state index contributed by atoms with van der Waals surface area (Å²) >= 11 is 0. The predicted octanol–water partition coefficient (Wildman–Crippen LogP) is 0.547. The molecule has 1 aliphatic heterocycles. The molecule has 0 spiro atoms. The third kappa shape index (κ3) is 1.46. The molecule has 1 atom stereocenters. The molecule has 2 heteroatoms. The Morgan fingerprint density at radius 3 is 2.88 bits per heavy atom. The van der Waals surface area contributed by atoms with Crippen LogP contribution in [-0.4, -0.2) is 19.2 Å². The molecule has 2 nitrogen and oxygen atoms in total. The summed E-state index contributed by atoms with van der Waals surface area (Å²) in [4.78, 5) is 0. The number of rotatable bonds is 0. The summed E-state index contributed by atoms with van der Waals surface area (Å²) in [6.07, 6.45) is 1.10. The van der Waals surface area contributed by atoms with Crippen LogP contribution in [0.2, 0.25) is 0 Å². The Morgan fingerprint density at radius 2 is 2.50 bits per heavy atom. The Hall–Kier alpha value is -0.0800. The zero-order valence-electron chi connectivity index (χ0n) is 5.40. The first kappa shape index (κ1) is 6.05. The number of hydrogen-bond donors (Lipinski definition) is 1. The summed E-state index contributed by atoms with van der Waals surface area (Å²) in [6, 6.07) is 0.527. The van der Waals surface area contributed by atoms with Crippen molar-refractivity contribution in [3.05, 3.63) is 6.10 Å². The molecule has 0 bridgehead atoms. The molecule has 0 aliphatic carbocycles. The Bertz CT molecular complexity index is 56.9. The van der Waals surface area contributed by atoms with Crippen molar-refractivity contribution in [2.24, 2.45) is 0 Å². The van der Waals surface area contributed by atoms with Crippen LogP contribution >= 0.6 is 0 Å².